The highest BCUT2D eigenvalue weighted by Crippen LogP contribution is 2.25. The molecule has 8 heteroatoms. The molecule has 34 heavy (non-hydrogen) atoms. The number of aromatic nitrogens is 2. The second-order valence-corrected chi connectivity index (χ2v) is 8.73. The monoisotopic (exact) mass is 463 g/mol. The summed E-state index contributed by atoms with van der Waals surface area (Å²) in [7, 11) is 5.73. The number of benzene rings is 2. The zero-order valence-electron chi connectivity index (χ0n) is 20.0. The van der Waals surface area contributed by atoms with Crippen molar-refractivity contribution in [3.8, 4) is 5.75 Å². The van der Waals surface area contributed by atoms with Gasteiger partial charge >= 0.3 is 0 Å². The summed E-state index contributed by atoms with van der Waals surface area (Å²) in [5.41, 5.74) is 2.64. The van der Waals surface area contributed by atoms with E-state index in [1.54, 1.807) is 12.1 Å². The number of hydrogen-bond acceptors (Lipinski definition) is 6. The third kappa shape index (κ3) is 5.34. The highest BCUT2D eigenvalue weighted by molar-refractivity contribution is 6.03. The average Bonchev–Trinajstić information content (AvgIpc) is 2.83. The lowest BCUT2D eigenvalue weighted by atomic mass is 10.0. The van der Waals surface area contributed by atoms with Crippen LogP contribution in [-0.2, 0) is 4.79 Å². The molecule has 1 saturated heterocycles. The van der Waals surface area contributed by atoms with E-state index in [4.69, 9.17) is 14.7 Å². The number of carbonyl (C=O) groups excluding carboxylic acids is 1. The van der Waals surface area contributed by atoms with Crippen LogP contribution < -0.4 is 15.0 Å². The number of methoxy groups -OCH3 is 1. The second kappa shape index (κ2) is 10.2. The third-order valence-electron chi connectivity index (χ3n) is 6.24. The summed E-state index contributed by atoms with van der Waals surface area (Å²) >= 11 is 0. The summed E-state index contributed by atoms with van der Waals surface area (Å²) < 4.78 is 19.1. The molecular formula is C26H30FN5O2. The van der Waals surface area contributed by atoms with Crippen molar-refractivity contribution in [3.63, 3.8) is 0 Å². The van der Waals surface area contributed by atoms with Crippen molar-refractivity contribution in [1.82, 2.24) is 14.9 Å². The van der Waals surface area contributed by atoms with Gasteiger partial charge in [0.25, 0.3) is 0 Å². The molecule has 1 fully saturated rings. The molecule has 4 rings (SSSR count). The predicted molar refractivity (Wildman–Crippen MR) is 134 cm³/mol. The summed E-state index contributed by atoms with van der Waals surface area (Å²) in [5.74, 6) is 0.370. The SMILES string of the molecule is COc1ccc(/C=C/C(=O)Nc2ccc3nc(N4CCC(N(C)C)CC4)nc(C)c3c2)c(F)c1. The first-order valence-corrected chi connectivity index (χ1v) is 11.4. The van der Waals surface area contributed by atoms with E-state index >= 15 is 0 Å². The number of nitrogens with one attached hydrogen (secondary N) is 1. The van der Waals surface area contributed by atoms with Gasteiger partial charge in [-0.25, -0.2) is 14.4 Å². The fraction of sp³-hybridized carbons (Fsp3) is 0.346. The quantitative estimate of drug-likeness (QED) is 0.551. The normalized spacial score (nSPS) is 14.8. The fourth-order valence-corrected chi connectivity index (χ4v) is 4.19. The van der Waals surface area contributed by atoms with Crippen LogP contribution in [0.5, 0.6) is 5.75 Å². The van der Waals surface area contributed by atoms with Crippen molar-refractivity contribution in [3.05, 3.63) is 59.5 Å². The molecule has 178 valence electrons. The van der Waals surface area contributed by atoms with E-state index in [1.807, 2.05) is 25.1 Å². The second-order valence-electron chi connectivity index (χ2n) is 8.73. The van der Waals surface area contributed by atoms with Crippen molar-refractivity contribution < 1.29 is 13.9 Å². The smallest absolute Gasteiger partial charge is 0.248 e. The number of amides is 1. The third-order valence-corrected chi connectivity index (χ3v) is 6.24. The lowest BCUT2D eigenvalue weighted by Crippen LogP contribution is -2.42. The van der Waals surface area contributed by atoms with Gasteiger partial charge in [-0.3, -0.25) is 4.79 Å². The van der Waals surface area contributed by atoms with Crippen LogP contribution in [0.2, 0.25) is 0 Å². The van der Waals surface area contributed by atoms with E-state index in [0.717, 1.165) is 48.5 Å². The van der Waals surface area contributed by atoms with Crippen LogP contribution in [0.15, 0.2) is 42.5 Å². The number of carbonyl (C=O) groups is 1. The number of ether oxygens (including phenoxy) is 1. The van der Waals surface area contributed by atoms with Gasteiger partial charge in [-0.2, -0.15) is 0 Å². The zero-order chi connectivity index (χ0) is 24.2. The summed E-state index contributed by atoms with van der Waals surface area (Å²) in [4.78, 5) is 26.4. The van der Waals surface area contributed by atoms with Crippen LogP contribution in [-0.4, -0.2) is 61.1 Å². The molecular weight excluding hydrogens is 433 g/mol. The number of halogens is 1. The molecule has 1 amide bonds. The Kier molecular flexibility index (Phi) is 7.07. The first-order valence-electron chi connectivity index (χ1n) is 11.4. The molecule has 1 aliphatic rings. The Bertz CT molecular complexity index is 1220. The van der Waals surface area contributed by atoms with Gasteiger partial charge in [-0.15, -0.1) is 0 Å². The van der Waals surface area contributed by atoms with Crippen molar-refractivity contribution in [1.29, 1.82) is 0 Å². The van der Waals surface area contributed by atoms with E-state index in [0.29, 0.717) is 23.0 Å². The highest BCUT2D eigenvalue weighted by Gasteiger charge is 2.22. The Morgan fingerprint density at radius 2 is 1.94 bits per heavy atom. The molecule has 0 aliphatic carbocycles. The molecule has 7 nitrogen and oxygen atoms in total. The Morgan fingerprint density at radius 1 is 1.18 bits per heavy atom. The number of nitrogens with zero attached hydrogens (tertiary/aromatic N) is 4. The number of aryl methyl sites for hydroxylation is 1. The molecule has 1 aromatic heterocycles. The van der Waals surface area contributed by atoms with E-state index < -0.39 is 5.82 Å². The maximum Gasteiger partial charge on any atom is 0.248 e. The Labute approximate surface area is 199 Å². The van der Waals surface area contributed by atoms with Crippen molar-refractivity contribution in [2.75, 3.05) is 44.5 Å². The molecule has 2 aromatic carbocycles. The summed E-state index contributed by atoms with van der Waals surface area (Å²) in [6.45, 7) is 3.82. The average molecular weight is 464 g/mol. The minimum Gasteiger partial charge on any atom is -0.497 e. The van der Waals surface area contributed by atoms with Gasteiger partial charge in [0, 0.05) is 47.9 Å². The van der Waals surface area contributed by atoms with E-state index in [9.17, 15) is 9.18 Å². The summed E-state index contributed by atoms with van der Waals surface area (Å²) in [6, 6.07) is 10.7. The number of piperidine rings is 1. The zero-order valence-corrected chi connectivity index (χ0v) is 20.0. The number of anilines is 2. The Morgan fingerprint density at radius 3 is 2.62 bits per heavy atom. The van der Waals surface area contributed by atoms with Crippen molar-refractivity contribution >= 4 is 34.5 Å². The van der Waals surface area contributed by atoms with Crippen LogP contribution in [0.4, 0.5) is 16.0 Å². The number of hydrogen-bond donors (Lipinski definition) is 1. The summed E-state index contributed by atoms with van der Waals surface area (Å²) in [6.07, 6.45) is 4.92. The van der Waals surface area contributed by atoms with Gasteiger partial charge in [-0.1, -0.05) is 0 Å². The van der Waals surface area contributed by atoms with E-state index in [-0.39, 0.29) is 5.91 Å². The van der Waals surface area contributed by atoms with Gasteiger partial charge in [0.15, 0.2) is 0 Å². The Hall–Kier alpha value is -3.52. The molecule has 0 saturated carbocycles. The molecule has 0 atom stereocenters. The topological polar surface area (TPSA) is 70.6 Å². The van der Waals surface area contributed by atoms with Gasteiger partial charge in [0.05, 0.1) is 18.3 Å². The van der Waals surface area contributed by atoms with Crippen LogP contribution >= 0.6 is 0 Å². The minimum absolute atomic E-state index is 0.306. The van der Waals surface area contributed by atoms with E-state index in [2.05, 4.69) is 29.2 Å². The van der Waals surface area contributed by atoms with Crippen molar-refractivity contribution in [2.24, 2.45) is 0 Å². The molecule has 0 bridgehead atoms. The summed E-state index contributed by atoms with van der Waals surface area (Å²) in [5, 5.41) is 3.71. The fourth-order valence-electron chi connectivity index (χ4n) is 4.19. The van der Waals surface area contributed by atoms with Crippen LogP contribution in [0, 0.1) is 12.7 Å². The van der Waals surface area contributed by atoms with Gasteiger partial charge in [0.2, 0.25) is 11.9 Å². The molecule has 1 aliphatic heterocycles. The molecule has 1 N–H and O–H groups in total. The van der Waals surface area contributed by atoms with E-state index in [1.165, 1.54) is 25.3 Å². The first kappa shape index (κ1) is 23.6. The van der Waals surface area contributed by atoms with Gasteiger partial charge < -0.3 is 19.9 Å². The van der Waals surface area contributed by atoms with Crippen molar-refractivity contribution in [2.45, 2.75) is 25.8 Å². The first-order chi connectivity index (χ1) is 16.3. The maximum absolute atomic E-state index is 14.1. The largest absolute Gasteiger partial charge is 0.497 e. The molecule has 0 radical (unpaired) electrons. The van der Waals surface area contributed by atoms with Gasteiger partial charge in [-0.05, 0) is 70.3 Å². The standard InChI is InChI=1S/C26H30FN5O2/c1-17-22-15-19(29-25(33)10-6-18-5-8-21(34-4)16-23(18)27)7-9-24(22)30-26(28-17)32-13-11-20(12-14-32)31(2)3/h5-10,15-16,20H,11-14H2,1-4H3,(H,29,33)/b10-6+. The molecule has 3 aromatic rings. The Balaban J connectivity index is 1.46. The molecule has 0 unspecified atom stereocenters. The minimum atomic E-state index is -0.455. The lowest BCUT2D eigenvalue weighted by molar-refractivity contribution is -0.111. The highest BCUT2D eigenvalue weighted by atomic mass is 19.1. The number of rotatable bonds is 6. The molecule has 2 heterocycles. The predicted octanol–water partition coefficient (Wildman–Crippen LogP) is 4.27. The van der Waals surface area contributed by atoms with Crippen LogP contribution in [0.25, 0.3) is 17.0 Å². The van der Waals surface area contributed by atoms with Gasteiger partial charge in [0.1, 0.15) is 11.6 Å². The van der Waals surface area contributed by atoms with Crippen LogP contribution in [0.3, 0.4) is 0 Å². The number of fused-ring (bicyclic) bond motifs is 1. The van der Waals surface area contributed by atoms with Crippen LogP contribution in [0.1, 0.15) is 24.1 Å². The lowest BCUT2D eigenvalue weighted by Gasteiger charge is -2.35. The maximum atomic E-state index is 14.1. The molecule has 0 spiro atoms.